The van der Waals surface area contributed by atoms with Crippen molar-refractivity contribution in [2.45, 2.75) is 13.0 Å². The molecule has 1 aromatic carbocycles. The third kappa shape index (κ3) is 2.07. The highest BCUT2D eigenvalue weighted by molar-refractivity contribution is 5.29. The van der Waals surface area contributed by atoms with Gasteiger partial charge in [0.05, 0.1) is 11.7 Å². The van der Waals surface area contributed by atoms with Crippen LogP contribution in [0.15, 0.2) is 36.5 Å². The van der Waals surface area contributed by atoms with Crippen LogP contribution >= 0.6 is 0 Å². The van der Waals surface area contributed by atoms with Crippen LogP contribution in [-0.4, -0.2) is 17.2 Å². The number of aryl methyl sites for hydroxylation is 1. The van der Waals surface area contributed by atoms with Crippen LogP contribution in [0, 0.1) is 6.92 Å². The van der Waals surface area contributed by atoms with Crippen LogP contribution in [0.5, 0.6) is 0 Å². The van der Waals surface area contributed by atoms with Gasteiger partial charge in [-0.2, -0.15) is 5.10 Å². The maximum Gasteiger partial charge on any atom is 0.0743 e. The van der Waals surface area contributed by atoms with Gasteiger partial charge in [0.2, 0.25) is 0 Å². The first-order valence-electron chi connectivity index (χ1n) is 5.04. The fourth-order valence-electron chi connectivity index (χ4n) is 1.69. The molecule has 0 radical (unpaired) electrons. The molecule has 0 spiro atoms. The fourth-order valence-corrected chi connectivity index (χ4v) is 1.69. The molecule has 0 amide bonds. The standard InChI is InChI=1S/C12H15N3/c1-9-3-5-10(6-4-9)12(13-2)11-7-8-14-15-11/h3-8,12-13H,1-2H3,(H,14,15). The van der Waals surface area contributed by atoms with Crippen molar-refractivity contribution in [2.75, 3.05) is 7.05 Å². The van der Waals surface area contributed by atoms with E-state index in [0.29, 0.717) is 0 Å². The molecule has 0 bridgehead atoms. The van der Waals surface area contributed by atoms with Crippen LogP contribution < -0.4 is 5.32 Å². The lowest BCUT2D eigenvalue weighted by atomic mass is 10.0. The zero-order valence-corrected chi connectivity index (χ0v) is 8.99. The van der Waals surface area contributed by atoms with E-state index in [1.807, 2.05) is 13.1 Å². The maximum atomic E-state index is 3.97. The highest BCUT2D eigenvalue weighted by Gasteiger charge is 2.12. The summed E-state index contributed by atoms with van der Waals surface area (Å²) in [6.07, 6.45) is 1.77. The van der Waals surface area contributed by atoms with Crippen molar-refractivity contribution in [1.82, 2.24) is 15.5 Å². The Morgan fingerprint density at radius 2 is 1.93 bits per heavy atom. The van der Waals surface area contributed by atoms with Crippen molar-refractivity contribution in [3.8, 4) is 0 Å². The Morgan fingerprint density at radius 3 is 2.47 bits per heavy atom. The van der Waals surface area contributed by atoms with Crippen molar-refractivity contribution in [1.29, 1.82) is 0 Å². The molecule has 1 unspecified atom stereocenters. The van der Waals surface area contributed by atoms with Gasteiger partial charge in [0.1, 0.15) is 0 Å². The molecule has 15 heavy (non-hydrogen) atoms. The van der Waals surface area contributed by atoms with Gasteiger partial charge in [-0.15, -0.1) is 0 Å². The van der Waals surface area contributed by atoms with Gasteiger partial charge in [-0.05, 0) is 25.6 Å². The highest BCUT2D eigenvalue weighted by Crippen LogP contribution is 2.19. The summed E-state index contributed by atoms with van der Waals surface area (Å²) in [6, 6.07) is 10.7. The third-order valence-corrected chi connectivity index (χ3v) is 2.53. The quantitative estimate of drug-likeness (QED) is 0.797. The number of rotatable bonds is 3. The number of benzene rings is 1. The first-order valence-corrected chi connectivity index (χ1v) is 5.04. The van der Waals surface area contributed by atoms with Gasteiger partial charge in [0, 0.05) is 6.20 Å². The van der Waals surface area contributed by atoms with Gasteiger partial charge in [0.25, 0.3) is 0 Å². The lowest BCUT2D eigenvalue weighted by molar-refractivity contribution is 0.667. The average molecular weight is 201 g/mol. The Hall–Kier alpha value is -1.61. The van der Waals surface area contributed by atoms with E-state index in [1.165, 1.54) is 11.1 Å². The number of nitrogens with zero attached hydrogens (tertiary/aromatic N) is 1. The summed E-state index contributed by atoms with van der Waals surface area (Å²) in [6.45, 7) is 2.09. The predicted octanol–water partition coefficient (Wildman–Crippen LogP) is 2.03. The van der Waals surface area contributed by atoms with E-state index in [0.717, 1.165) is 5.69 Å². The van der Waals surface area contributed by atoms with Gasteiger partial charge >= 0.3 is 0 Å². The van der Waals surface area contributed by atoms with E-state index in [4.69, 9.17) is 0 Å². The van der Waals surface area contributed by atoms with Gasteiger partial charge < -0.3 is 5.32 Å². The van der Waals surface area contributed by atoms with Crippen LogP contribution in [0.25, 0.3) is 0 Å². The van der Waals surface area contributed by atoms with Crippen molar-refractivity contribution in [3.05, 3.63) is 53.3 Å². The summed E-state index contributed by atoms with van der Waals surface area (Å²) in [4.78, 5) is 0. The second-order valence-corrected chi connectivity index (χ2v) is 3.64. The van der Waals surface area contributed by atoms with Crippen LogP contribution in [0.3, 0.4) is 0 Å². The van der Waals surface area contributed by atoms with E-state index in [9.17, 15) is 0 Å². The topological polar surface area (TPSA) is 40.7 Å². The molecule has 1 aromatic heterocycles. The molecular weight excluding hydrogens is 186 g/mol. The van der Waals surface area contributed by atoms with Crippen LogP contribution in [0.2, 0.25) is 0 Å². The molecule has 0 aliphatic heterocycles. The minimum atomic E-state index is 0.188. The van der Waals surface area contributed by atoms with Crippen LogP contribution in [0.4, 0.5) is 0 Å². The molecular formula is C12H15N3. The van der Waals surface area contributed by atoms with Crippen molar-refractivity contribution >= 4 is 0 Å². The second-order valence-electron chi connectivity index (χ2n) is 3.64. The number of hydrogen-bond donors (Lipinski definition) is 2. The molecule has 1 atom stereocenters. The molecule has 2 aromatic rings. The zero-order chi connectivity index (χ0) is 10.7. The summed E-state index contributed by atoms with van der Waals surface area (Å²) in [5.74, 6) is 0. The Balaban J connectivity index is 2.31. The second kappa shape index (κ2) is 4.28. The minimum absolute atomic E-state index is 0.188. The molecule has 0 aliphatic carbocycles. The Labute approximate surface area is 89.5 Å². The van der Waals surface area contributed by atoms with Gasteiger partial charge in [-0.3, -0.25) is 5.10 Å². The lowest BCUT2D eigenvalue weighted by Crippen LogP contribution is -2.17. The number of aromatic amines is 1. The molecule has 3 heteroatoms. The van der Waals surface area contributed by atoms with Crippen LogP contribution in [0.1, 0.15) is 22.9 Å². The summed E-state index contributed by atoms with van der Waals surface area (Å²) < 4.78 is 0. The van der Waals surface area contributed by atoms with Crippen molar-refractivity contribution < 1.29 is 0 Å². The van der Waals surface area contributed by atoms with E-state index in [2.05, 4.69) is 46.7 Å². The van der Waals surface area contributed by atoms with E-state index >= 15 is 0 Å². The van der Waals surface area contributed by atoms with Crippen molar-refractivity contribution in [3.63, 3.8) is 0 Å². The molecule has 0 fully saturated rings. The number of nitrogens with one attached hydrogen (secondary N) is 2. The monoisotopic (exact) mass is 201 g/mol. The number of hydrogen-bond acceptors (Lipinski definition) is 2. The lowest BCUT2D eigenvalue weighted by Gasteiger charge is -2.14. The highest BCUT2D eigenvalue weighted by atomic mass is 15.1. The summed E-state index contributed by atoms with van der Waals surface area (Å²) in [5, 5.41) is 10.2. The van der Waals surface area contributed by atoms with Gasteiger partial charge in [-0.25, -0.2) is 0 Å². The first-order chi connectivity index (χ1) is 7.31. The summed E-state index contributed by atoms with van der Waals surface area (Å²) in [5.41, 5.74) is 3.60. The van der Waals surface area contributed by atoms with E-state index in [-0.39, 0.29) is 6.04 Å². The van der Waals surface area contributed by atoms with Gasteiger partial charge in [-0.1, -0.05) is 29.8 Å². The molecule has 3 nitrogen and oxygen atoms in total. The molecule has 1 heterocycles. The van der Waals surface area contributed by atoms with E-state index < -0.39 is 0 Å². The smallest absolute Gasteiger partial charge is 0.0743 e. The van der Waals surface area contributed by atoms with Crippen LogP contribution in [-0.2, 0) is 0 Å². The molecule has 2 N–H and O–H groups in total. The van der Waals surface area contributed by atoms with Gasteiger partial charge in [0.15, 0.2) is 0 Å². The number of aromatic nitrogens is 2. The largest absolute Gasteiger partial charge is 0.308 e. The Bertz CT molecular complexity index is 403. The Kier molecular flexibility index (Phi) is 2.83. The molecule has 2 rings (SSSR count). The first kappa shape index (κ1) is 9.93. The molecule has 0 aliphatic rings. The van der Waals surface area contributed by atoms with E-state index in [1.54, 1.807) is 6.20 Å². The SMILES string of the molecule is CNC(c1ccc(C)cc1)c1ccn[nH]1. The average Bonchev–Trinajstić information content (AvgIpc) is 2.75. The third-order valence-electron chi connectivity index (χ3n) is 2.53. The number of H-pyrrole nitrogens is 1. The summed E-state index contributed by atoms with van der Waals surface area (Å²) in [7, 11) is 1.95. The molecule has 78 valence electrons. The Morgan fingerprint density at radius 1 is 1.20 bits per heavy atom. The predicted molar refractivity (Wildman–Crippen MR) is 60.7 cm³/mol. The normalized spacial score (nSPS) is 12.7. The maximum absolute atomic E-state index is 3.97. The van der Waals surface area contributed by atoms with Crippen molar-refractivity contribution in [2.24, 2.45) is 0 Å². The zero-order valence-electron chi connectivity index (χ0n) is 8.99. The fraction of sp³-hybridized carbons (Fsp3) is 0.250. The molecule has 0 saturated carbocycles. The molecule has 0 saturated heterocycles. The summed E-state index contributed by atoms with van der Waals surface area (Å²) >= 11 is 0. The minimum Gasteiger partial charge on any atom is -0.308 e.